The number of carboxylic acid groups (broad SMARTS) is 2. The Labute approximate surface area is 127 Å². The fourth-order valence-electron chi connectivity index (χ4n) is 1.53. The van der Waals surface area contributed by atoms with Gasteiger partial charge < -0.3 is 25.5 Å². The third-order valence-corrected chi connectivity index (χ3v) is 2.84. The van der Waals surface area contributed by atoms with Crippen molar-refractivity contribution >= 4 is 11.9 Å². The topological polar surface area (TPSA) is 157 Å². The van der Waals surface area contributed by atoms with Crippen molar-refractivity contribution in [2.24, 2.45) is 0 Å². The number of carboxylic acids is 2. The molecule has 0 aromatic rings. The van der Waals surface area contributed by atoms with Crippen molar-refractivity contribution in [1.82, 2.24) is 5.48 Å². The largest absolute Gasteiger partial charge is 0.479 e. The van der Waals surface area contributed by atoms with E-state index in [4.69, 9.17) is 15.3 Å². The fourth-order valence-corrected chi connectivity index (χ4v) is 1.53. The van der Waals surface area contributed by atoms with Crippen LogP contribution in [0.1, 0.15) is 32.6 Å². The minimum absolute atomic E-state index is 0.755. The van der Waals surface area contributed by atoms with Crippen molar-refractivity contribution in [3.05, 3.63) is 12.3 Å². The van der Waals surface area contributed by atoms with E-state index in [0.717, 1.165) is 25.7 Å². The van der Waals surface area contributed by atoms with Gasteiger partial charge in [-0.3, -0.25) is 10.3 Å². The number of hydroxylamine groups is 1. The number of unbranched alkanes of at least 4 members (excludes halogenated alkanes) is 3. The molecule has 0 aromatic carbocycles. The summed E-state index contributed by atoms with van der Waals surface area (Å²) in [7, 11) is 0. The molecule has 0 amide bonds. The molecule has 0 fully saturated rings. The van der Waals surface area contributed by atoms with Crippen molar-refractivity contribution < 1.29 is 40.0 Å². The maximum Gasteiger partial charge on any atom is 0.338 e. The number of hydrogen-bond acceptors (Lipinski definition) is 7. The van der Waals surface area contributed by atoms with Gasteiger partial charge in [0.2, 0.25) is 6.10 Å². The van der Waals surface area contributed by atoms with E-state index < -0.39 is 36.4 Å². The Morgan fingerprint density at radius 3 is 2.23 bits per heavy atom. The van der Waals surface area contributed by atoms with Gasteiger partial charge in [-0.15, -0.1) is 0 Å². The number of aliphatic hydroxyl groups is 3. The highest BCUT2D eigenvalue weighted by molar-refractivity contribution is 5.75. The molecule has 0 unspecified atom stereocenters. The standard InChI is InChI=1S/C13H23NO8/c1-2-3-4-5-6-7-14-22-11(13(20)21)9(16)8(15)10(17)12(18)19/h6-11,14-17H,2-5H2,1H3,(H,18,19)(H,20,21)/b7-6+/t8-,9-,10-,11+/m0/s1. The first kappa shape index (κ1) is 20.3. The summed E-state index contributed by atoms with van der Waals surface area (Å²) < 4.78 is 0. The van der Waals surface area contributed by atoms with Crippen LogP contribution in [0.4, 0.5) is 0 Å². The summed E-state index contributed by atoms with van der Waals surface area (Å²) >= 11 is 0. The summed E-state index contributed by atoms with van der Waals surface area (Å²) in [6.07, 6.45) is -1.76. The van der Waals surface area contributed by atoms with Crippen molar-refractivity contribution in [3.8, 4) is 0 Å². The Bertz CT molecular complexity index is 373. The number of aliphatic carboxylic acids is 2. The average molecular weight is 321 g/mol. The normalized spacial score (nSPS) is 16.9. The molecule has 0 rings (SSSR count). The van der Waals surface area contributed by atoms with Crippen molar-refractivity contribution in [1.29, 1.82) is 0 Å². The zero-order valence-corrected chi connectivity index (χ0v) is 12.3. The van der Waals surface area contributed by atoms with Crippen LogP contribution in [0.25, 0.3) is 0 Å². The molecular formula is C13H23NO8. The number of carbonyl (C=O) groups is 2. The molecule has 0 aliphatic rings. The molecule has 0 heterocycles. The van der Waals surface area contributed by atoms with Gasteiger partial charge in [-0.25, -0.2) is 9.59 Å². The molecule has 0 aliphatic heterocycles. The zero-order valence-electron chi connectivity index (χ0n) is 12.3. The predicted molar refractivity (Wildman–Crippen MR) is 74.6 cm³/mol. The molecule has 22 heavy (non-hydrogen) atoms. The van der Waals surface area contributed by atoms with Crippen LogP contribution < -0.4 is 5.48 Å². The van der Waals surface area contributed by atoms with Crippen LogP contribution in [0.3, 0.4) is 0 Å². The highest BCUT2D eigenvalue weighted by Gasteiger charge is 2.39. The summed E-state index contributed by atoms with van der Waals surface area (Å²) in [5.41, 5.74) is 2.19. The van der Waals surface area contributed by atoms with Gasteiger partial charge in [-0.1, -0.05) is 25.8 Å². The molecule has 0 bridgehead atoms. The second-order valence-corrected chi connectivity index (χ2v) is 4.66. The van der Waals surface area contributed by atoms with Gasteiger partial charge in [0.15, 0.2) is 6.10 Å². The van der Waals surface area contributed by atoms with Crippen molar-refractivity contribution in [2.45, 2.75) is 57.0 Å². The minimum Gasteiger partial charge on any atom is -0.479 e. The highest BCUT2D eigenvalue weighted by atomic mass is 16.7. The maximum absolute atomic E-state index is 11.0. The van der Waals surface area contributed by atoms with Crippen LogP contribution >= 0.6 is 0 Å². The Morgan fingerprint density at radius 1 is 1.09 bits per heavy atom. The Balaban J connectivity index is 4.42. The molecule has 0 aliphatic carbocycles. The average Bonchev–Trinajstić information content (AvgIpc) is 2.47. The quantitative estimate of drug-likeness (QED) is 0.200. The molecule has 128 valence electrons. The van der Waals surface area contributed by atoms with Crippen LogP contribution in [-0.2, 0) is 14.4 Å². The monoisotopic (exact) mass is 321 g/mol. The van der Waals surface area contributed by atoms with E-state index in [9.17, 15) is 19.8 Å². The van der Waals surface area contributed by atoms with Gasteiger partial charge in [-0.2, -0.15) is 0 Å². The van der Waals surface area contributed by atoms with E-state index in [1.165, 1.54) is 6.20 Å². The highest BCUT2D eigenvalue weighted by Crippen LogP contribution is 2.08. The Morgan fingerprint density at radius 2 is 1.73 bits per heavy atom. The first-order valence-corrected chi connectivity index (χ1v) is 6.88. The lowest BCUT2D eigenvalue weighted by atomic mass is 10.0. The molecule has 0 saturated heterocycles. The maximum atomic E-state index is 11.0. The van der Waals surface area contributed by atoms with Gasteiger partial charge in [0.25, 0.3) is 0 Å². The number of hydrogen-bond donors (Lipinski definition) is 6. The molecule has 6 N–H and O–H groups in total. The first-order valence-electron chi connectivity index (χ1n) is 6.88. The zero-order chi connectivity index (χ0) is 17.1. The van der Waals surface area contributed by atoms with Crippen LogP contribution in [0.15, 0.2) is 12.3 Å². The lowest BCUT2D eigenvalue weighted by Gasteiger charge is -2.24. The van der Waals surface area contributed by atoms with Gasteiger partial charge in [0.05, 0.1) is 0 Å². The summed E-state index contributed by atoms with van der Waals surface area (Å²) in [4.78, 5) is 26.1. The molecule has 0 aromatic heterocycles. The van der Waals surface area contributed by atoms with Gasteiger partial charge in [0.1, 0.15) is 12.2 Å². The SMILES string of the molecule is CCCCC/C=C/NO[C@@H](C(=O)O)[C@@H](O)[C@H](O)[C@H](O)C(=O)O. The smallest absolute Gasteiger partial charge is 0.338 e. The summed E-state index contributed by atoms with van der Waals surface area (Å²) in [6, 6.07) is 0. The molecule has 9 nitrogen and oxygen atoms in total. The Hall–Kier alpha value is -1.68. The third-order valence-electron chi connectivity index (χ3n) is 2.84. The van der Waals surface area contributed by atoms with E-state index in [2.05, 4.69) is 17.2 Å². The summed E-state index contributed by atoms with van der Waals surface area (Å²) in [6.45, 7) is 2.06. The number of aliphatic hydroxyl groups excluding tert-OH is 3. The third kappa shape index (κ3) is 7.36. The lowest BCUT2D eigenvalue weighted by Crippen LogP contribution is -2.52. The van der Waals surface area contributed by atoms with E-state index in [-0.39, 0.29) is 0 Å². The second kappa shape index (κ2) is 11.0. The van der Waals surface area contributed by atoms with Crippen LogP contribution in [-0.4, -0.2) is 61.9 Å². The number of nitrogens with one attached hydrogen (secondary N) is 1. The second-order valence-electron chi connectivity index (χ2n) is 4.66. The van der Waals surface area contributed by atoms with Gasteiger partial charge in [0, 0.05) is 6.20 Å². The van der Waals surface area contributed by atoms with Crippen molar-refractivity contribution in [2.75, 3.05) is 0 Å². The number of rotatable bonds is 12. The molecule has 9 heteroatoms. The summed E-state index contributed by atoms with van der Waals surface area (Å²) in [5, 5.41) is 45.5. The van der Waals surface area contributed by atoms with E-state index in [1.807, 2.05) is 0 Å². The first-order chi connectivity index (χ1) is 10.3. The van der Waals surface area contributed by atoms with Gasteiger partial charge >= 0.3 is 11.9 Å². The molecule has 0 radical (unpaired) electrons. The molecular weight excluding hydrogens is 298 g/mol. The van der Waals surface area contributed by atoms with E-state index in [1.54, 1.807) is 6.08 Å². The van der Waals surface area contributed by atoms with E-state index >= 15 is 0 Å². The number of allylic oxidation sites excluding steroid dienone is 1. The van der Waals surface area contributed by atoms with E-state index in [0.29, 0.717) is 0 Å². The molecule has 0 spiro atoms. The van der Waals surface area contributed by atoms with Crippen LogP contribution in [0.2, 0.25) is 0 Å². The van der Waals surface area contributed by atoms with Crippen LogP contribution in [0, 0.1) is 0 Å². The fraction of sp³-hybridized carbons (Fsp3) is 0.692. The van der Waals surface area contributed by atoms with Crippen LogP contribution in [0.5, 0.6) is 0 Å². The molecule has 0 saturated carbocycles. The summed E-state index contributed by atoms with van der Waals surface area (Å²) in [5.74, 6) is -3.42. The lowest BCUT2D eigenvalue weighted by molar-refractivity contribution is -0.184. The Kier molecular flexibility index (Phi) is 10.1. The van der Waals surface area contributed by atoms with Gasteiger partial charge in [-0.05, 0) is 12.8 Å². The molecule has 4 atom stereocenters. The predicted octanol–water partition coefficient (Wildman–Crippen LogP) is -0.778. The minimum atomic E-state index is -2.33. The van der Waals surface area contributed by atoms with Crippen molar-refractivity contribution in [3.63, 3.8) is 0 Å².